The van der Waals surface area contributed by atoms with Gasteiger partial charge in [-0.15, -0.1) is 0 Å². The summed E-state index contributed by atoms with van der Waals surface area (Å²) < 4.78 is 52.7. The van der Waals surface area contributed by atoms with Gasteiger partial charge in [0.2, 0.25) is 0 Å². The molecule has 1 aliphatic heterocycles. The lowest BCUT2D eigenvalue weighted by Crippen LogP contribution is -2.46. The number of nitrogens with one attached hydrogen (secondary N) is 1. The van der Waals surface area contributed by atoms with E-state index in [0.717, 1.165) is 18.3 Å². The summed E-state index contributed by atoms with van der Waals surface area (Å²) in [5.41, 5.74) is 6.38. The lowest BCUT2D eigenvalue weighted by Gasteiger charge is -2.35. The van der Waals surface area contributed by atoms with Crippen molar-refractivity contribution in [2.45, 2.75) is 32.5 Å². The molecule has 0 aliphatic carbocycles. The molecule has 0 bridgehead atoms. The molecule has 10 heteroatoms. The van der Waals surface area contributed by atoms with Gasteiger partial charge < -0.3 is 16.0 Å². The van der Waals surface area contributed by atoms with Crippen molar-refractivity contribution in [3.63, 3.8) is 0 Å². The van der Waals surface area contributed by atoms with Gasteiger partial charge in [-0.1, -0.05) is 11.6 Å². The Morgan fingerprint density at radius 1 is 1.33 bits per heavy atom. The molecular weight excluding hydrogens is 424 g/mol. The first-order valence-corrected chi connectivity index (χ1v) is 9.42. The largest absolute Gasteiger partial charge is 0.417 e. The van der Waals surface area contributed by atoms with E-state index >= 15 is 0 Å². The Labute approximate surface area is 175 Å². The minimum Gasteiger partial charge on any atom is -0.399 e. The Balaban J connectivity index is 1.83. The van der Waals surface area contributed by atoms with Gasteiger partial charge in [0.15, 0.2) is 0 Å². The Morgan fingerprint density at radius 3 is 2.67 bits per heavy atom. The minimum atomic E-state index is -4.67. The molecular formula is C20H19ClF4N4O. The summed E-state index contributed by atoms with van der Waals surface area (Å²) in [5, 5.41) is 2.56. The first kappa shape index (κ1) is 21.9. The first-order valence-electron chi connectivity index (χ1n) is 9.04. The van der Waals surface area contributed by atoms with E-state index in [9.17, 15) is 22.4 Å². The summed E-state index contributed by atoms with van der Waals surface area (Å²) in [5.74, 6) is -0.605. The van der Waals surface area contributed by atoms with Crippen LogP contribution in [0, 0.1) is 12.7 Å². The molecule has 1 aromatic carbocycles. The zero-order valence-electron chi connectivity index (χ0n) is 16.1. The van der Waals surface area contributed by atoms with Crippen LogP contribution >= 0.6 is 11.6 Å². The summed E-state index contributed by atoms with van der Waals surface area (Å²) in [6.07, 6.45) is -3.24. The van der Waals surface area contributed by atoms with Crippen molar-refractivity contribution in [1.82, 2.24) is 9.88 Å². The normalized spacial score (nSPS) is 17.3. The van der Waals surface area contributed by atoms with Gasteiger partial charge in [-0.25, -0.2) is 9.37 Å². The van der Waals surface area contributed by atoms with Crippen LogP contribution in [0.3, 0.4) is 0 Å². The predicted molar refractivity (Wildman–Crippen MR) is 105 cm³/mol. The fourth-order valence-electron chi connectivity index (χ4n) is 3.21. The van der Waals surface area contributed by atoms with Crippen molar-refractivity contribution in [2.24, 2.45) is 5.73 Å². The van der Waals surface area contributed by atoms with Crippen molar-refractivity contribution >= 4 is 23.3 Å². The average molecular weight is 443 g/mol. The summed E-state index contributed by atoms with van der Waals surface area (Å²) in [6, 6.07) is 4.02. The van der Waals surface area contributed by atoms with E-state index in [0.29, 0.717) is 29.2 Å². The molecule has 0 radical (unpaired) electrons. The number of rotatable bonds is 3. The summed E-state index contributed by atoms with van der Waals surface area (Å²) in [4.78, 5) is 18.2. The van der Waals surface area contributed by atoms with E-state index in [-0.39, 0.29) is 12.1 Å². The third-order valence-corrected chi connectivity index (χ3v) is 5.30. The lowest BCUT2D eigenvalue weighted by atomic mass is 10.0. The fourth-order valence-corrected chi connectivity index (χ4v) is 3.43. The van der Waals surface area contributed by atoms with Crippen LogP contribution in [0.25, 0.3) is 0 Å². The van der Waals surface area contributed by atoms with Crippen molar-refractivity contribution < 1.29 is 22.4 Å². The van der Waals surface area contributed by atoms with Gasteiger partial charge in [0.1, 0.15) is 11.6 Å². The maximum Gasteiger partial charge on any atom is 0.417 e. The standard InChI is InChI=1S/C20H19ClF4N4O/c1-10-7-17(27-9-15(10)22)28-16-5-6-29(11(2)18(16)26)19(30)12-3-4-14(21)13(8-12)20(23,24)25/h3-4,7-9,11H,5-6,26H2,1-2H3,(H,27,28). The average Bonchev–Trinajstić information content (AvgIpc) is 2.67. The molecule has 30 heavy (non-hydrogen) atoms. The number of carbonyl (C=O) groups excluding carboxylic acids is 1. The molecule has 160 valence electrons. The Morgan fingerprint density at radius 2 is 2.03 bits per heavy atom. The number of nitrogens with zero attached hydrogens (tertiary/aromatic N) is 2. The van der Waals surface area contributed by atoms with E-state index in [1.807, 2.05) is 0 Å². The fraction of sp³-hybridized carbons (Fsp3) is 0.300. The second-order valence-corrected chi connectivity index (χ2v) is 7.40. The molecule has 0 fully saturated rings. The molecule has 5 nitrogen and oxygen atoms in total. The summed E-state index contributed by atoms with van der Waals surface area (Å²) >= 11 is 5.63. The van der Waals surface area contributed by atoms with Crippen molar-refractivity contribution in [1.29, 1.82) is 0 Å². The number of benzene rings is 1. The number of amides is 1. The number of aromatic nitrogens is 1. The number of aryl methyl sites for hydroxylation is 1. The highest BCUT2D eigenvalue weighted by Crippen LogP contribution is 2.35. The molecule has 1 atom stereocenters. The van der Waals surface area contributed by atoms with Gasteiger partial charge in [0.25, 0.3) is 5.91 Å². The maximum atomic E-state index is 13.4. The van der Waals surface area contributed by atoms with Crippen LogP contribution in [0.15, 0.2) is 41.9 Å². The zero-order chi connectivity index (χ0) is 22.2. The summed E-state index contributed by atoms with van der Waals surface area (Å²) in [7, 11) is 0. The van der Waals surface area contributed by atoms with Crippen molar-refractivity contribution in [3.8, 4) is 0 Å². The third-order valence-electron chi connectivity index (χ3n) is 4.97. The number of alkyl halides is 3. The van der Waals surface area contributed by atoms with Gasteiger partial charge >= 0.3 is 6.18 Å². The van der Waals surface area contributed by atoms with Crippen LogP contribution in [-0.2, 0) is 6.18 Å². The van der Waals surface area contributed by atoms with E-state index in [4.69, 9.17) is 17.3 Å². The number of nitrogens with two attached hydrogens (primary N) is 1. The Bertz CT molecular complexity index is 1020. The van der Waals surface area contributed by atoms with Gasteiger partial charge in [-0.2, -0.15) is 13.2 Å². The molecule has 2 aromatic rings. The quantitative estimate of drug-likeness (QED) is 0.675. The smallest absolute Gasteiger partial charge is 0.399 e. The zero-order valence-corrected chi connectivity index (χ0v) is 16.9. The molecule has 1 unspecified atom stereocenters. The van der Waals surface area contributed by atoms with Gasteiger partial charge in [-0.3, -0.25) is 4.79 Å². The third kappa shape index (κ3) is 4.35. The summed E-state index contributed by atoms with van der Waals surface area (Å²) in [6.45, 7) is 3.51. The van der Waals surface area contributed by atoms with E-state index < -0.39 is 34.5 Å². The Kier molecular flexibility index (Phi) is 5.94. The van der Waals surface area contributed by atoms with Crippen LogP contribution in [0.4, 0.5) is 23.4 Å². The minimum absolute atomic E-state index is 0.126. The van der Waals surface area contributed by atoms with Gasteiger partial charge in [0, 0.05) is 24.2 Å². The lowest BCUT2D eigenvalue weighted by molar-refractivity contribution is -0.137. The Hall–Kier alpha value is -2.81. The first-order chi connectivity index (χ1) is 14.0. The SMILES string of the molecule is Cc1cc(NC2=C(N)C(C)N(C(=O)c3ccc(Cl)c(C(F)(F)F)c3)CC2)ncc1F. The molecule has 2 heterocycles. The number of carbonyl (C=O) groups is 1. The number of hydrogen-bond acceptors (Lipinski definition) is 4. The van der Waals surface area contributed by atoms with Crippen LogP contribution in [0.1, 0.15) is 34.8 Å². The molecule has 0 saturated carbocycles. The van der Waals surface area contributed by atoms with E-state index in [2.05, 4.69) is 10.3 Å². The van der Waals surface area contributed by atoms with Crippen LogP contribution in [-0.4, -0.2) is 28.4 Å². The second kappa shape index (κ2) is 8.14. The predicted octanol–water partition coefficient (Wildman–Crippen LogP) is 4.72. The van der Waals surface area contributed by atoms with Crippen molar-refractivity contribution in [3.05, 3.63) is 69.4 Å². The molecule has 1 aromatic heterocycles. The van der Waals surface area contributed by atoms with E-state index in [1.54, 1.807) is 13.8 Å². The van der Waals surface area contributed by atoms with Crippen molar-refractivity contribution in [2.75, 3.05) is 11.9 Å². The highest BCUT2D eigenvalue weighted by atomic mass is 35.5. The van der Waals surface area contributed by atoms with E-state index in [1.165, 1.54) is 17.0 Å². The van der Waals surface area contributed by atoms with Crippen LogP contribution in [0.5, 0.6) is 0 Å². The number of pyridine rings is 1. The molecule has 3 rings (SSSR count). The number of hydrogen-bond donors (Lipinski definition) is 2. The molecule has 1 amide bonds. The monoisotopic (exact) mass is 442 g/mol. The van der Waals surface area contributed by atoms with Crippen LogP contribution < -0.4 is 11.1 Å². The molecule has 3 N–H and O–H groups in total. The van der Waals surface area contributed by atoms with Crippen LogP contribution in [0.2, 0.25) is 5.02 Å². The van der Waals surface area contributed by atoms with Gasteiger partial charge in [0.05, 0.1) is 28.5 Å². The number of halogens is 5. The molecule has 0 saturated heterocycles. The number of anilines is 1. The molecule has 1 aliphatic rings. The highest BCUT2D eigenvalue weighted by molar-refractivity contribution is 6.31. The topological polar surface area (TPSA) is 71.2 Å². The highest BCUT2D eigenvalue weighted by Gasteiger charge is 2.35. The van der Waals surface area contributed by atoms with Gasteiger partial charge in [-0.05, 0) is 43.7 Å². The molecule has 0 spiro atoms. The maximum absolute atomic E-state index is 13.4. The second-order valence-electron chi connectivity index (χ2n) is 6.99.